The van der Waals surface area contributed by atoms with Gasteiger partial charge in [-0.25, -0.2) is 19.6 Å². The van der Waals surface area contributed by atoms with Gasteiger partial charge in [-0.2, -0.15) is 0 Å². The lowest BCUT2D eigenvalue weighted by atomic mass is 10.2. The zero-order valence-corrected chi connectivity index (χ0v) is 21.0. The van der Waals surface area contributed by atoms with E-state index in [4.69, 9.17) is 34.4 Å². The summed E-state index contributed by atoms with van der Waals surface area (Å²) >= 11 is 0. The number of rotatable bonds is 4. The normalized spacial score (nSPS) is 12.6. The monoisotopic (exact) mass is 540 g/mol. The predicted molar refractivity (Wildman–Crippen MR) is 140 cm³/mol. The molecule has 4 heterocycles. The van der Waals surface area contributed by atoms with E-state index in [1.807, 2.05) is 48.7 Å². The third kappa shape index (κ3) is 9.34. The van der Waals surface area contributed by atoms with Gasteiger partial charge < -0.3 is 40.8 Å². The molecule has 3 aromatic heterocycles. The van der Waals surface area contributed by atoms with Crippen molar-refractivity contribution < 1.29 is 34.4 Å². The molecular weight excluding hydrogens is 512 g/mol. The van der Waals surface area contributed by atoms with Crippen LogP contribution in [-0.2, 0) is 0 Å². The van der Waals surface area contributed by atoms with Gasteiger partial charge >= 0.3 is 12.3 Å². The minimum Gasteiger partial charge on any atom is -0.450 e. The van der Waals surface area contributed by atoms with Gasteiger partial charge in [0, 0.05) is 43.5 Å². The predicted octanol–water partition coefficient (Wildman–Crippen LogP) is 3.61. The molecule has 1 aliphatic heterocycles. The van der Waals surface area contributed by atoms with Crippen molar-refractivity contribution in [2.45, 2.75) is 0 Å². The van der Waals surface area contributed by atoms with Crippen molar-refractivity contribution in [2.24, 2.45) is 0 Å². The number of carbonyl (C=O) groups is 2. The van der Waals surface area contributed by atoms with Crippen LogP contribution in [-0.4, -0.2) is 96.0 Å². The molecule has 0 amide bonds. The van der Waals surface area contributed by atoms with E-state index in [2.05, 4.69) is 42.0 Å². The number of anilines is 1. The minimum absolute atomic E-state index is 0. The molecule has 1 aromatic carbocycles. The molecule has 15 nitrogen and oxygen atoms in total. The number of piperazine rings is 1. The van der Waals surface area contributed by atoms with E-state index in [-0.39, 0.29) is 6.15 Å². The van der Waals surface area contributed by atoms with Crippen LogP contribution in [0.2, 0.25) is 0 Å². The Kier molecular flexibility index (Phi) is 11.2. The van der Waals surface area contributed by atoms with Gasteiger partial charge in [0.1, 0.15) is 11.5 Å². The highest BCUT2D eigenvalue weighted by molar-refractivity contribution is 5.62. The quantitative estimate of drug-likeness (QED) is 0.248. The largest absolute Gasteiger partial charge is 0.503 e. The second-order valence-corrected chi connectivity index (χ2v) is 7.83. The lowest BCUT2D eigenvalue weighted by molar-refractivity contribution is 0.135. The second-order valence-electron chi connectivity index (χ2n) is 7.83. The highest BCUT2D eigenvalue weighted by atomic mass is 16.6. The first-order valence-electron chi connectivity index (χ1n) is 11.2. The first-order chi connectivity index (χ1) is 18.2. The highest BCUT2D eigenvalue weighted by Crippen LogP contribution is 2.25. The van der Waals surface area contributed by atoms with Crippen LogP contribution < -0.4 is 11.1 Å². The Morgan fingerprint density at radius 3 is 1.95 bits per heavy atom. The van der Waals surface area contributed by atoms with Crippen molar-refractivity contribution in [3.8, 4) is 34.3 Å². The van der Waals surface area contributed by atoms with Gasteiger partial charge in [-0.15, -0.1) is 10.2 Å². The fraction of sp³-hybridized carbons (Fsp3) is 0.208. The van der Waals surface area contributed by atoms with Gasteiger partial charge in [-0.1, -0.05) is 18.2 Å². The Balaban J connectivity index is 0.000000527. The number of pyridine rings is 1. The molecule has 0 aliphatic carbocycles. The topological polar surface area (TPSA) is 234 Å². The lowest BCUT2D eigenvalue weighted by Crippen LogP contribution is -2.44. The Labute approximate surface area is 222 Å². The fourth-order valence-electron chi connectivity index (χ4n) is 3.39. The molecule has 39 heavy (non-hydrogen) atoms. The van der Waals surface area contributed by atoms with E-state index in [9.17, 15) is 0 Å². The highest BCUT2D eigenvalue weighted by Gasteiger charge is 2.16. The summed E-state index contributed by atoms with van der Waals surface area (Å²) < 4.78 is 5.80. The molecule has 0 saturated carbocycles. The van der Waals surface area contributed by atoms with Crippen molar-refractivity contribution in [1.82, 2.24) is 36.2 Å². The smallest absolute Gasteiger partial charge is 0.450 e. The number of carboxylic acid groups (broad SMARTS) is 4. The van der Waals surface area contributed by atoms with Gasteiger partial charge in [0.2, 0.25) is 5.89 Å². The van der Waals surface area contributed by atoms with Crippen molar-refractivity contribution in [2.75, 3.05) is 38.1 Å². The molecule has 1 aliphatic rings. The summed E-state index contributed by atoms with van der Waals surface area (Å²) in [6.07, 6.45) is 1.51. The molecule has 4 aromatic rings. The van der Waals surface area contributed by atoms with Gasteiger partial charge in [0.05, 0.1) is 18.1 Å². The third-order valence-electron chi connectivity index (χ3n) is 5.17. The zero-order valence-electron chi connectivity index (χ0n) is 21.0. The van der Waals surface area contributed by atoms with Crippen LogP contribution in [0.4, 0.5) is 15.4 Å². The van der Waals surface area contributed by atoms with Gasteiger partial charge in [-0.05, 0) is 31.3 Å². The molecule has 1 saturated heterocycles. The van der Waals surface area contributed by atoms with Crippen LogP contribution in [0.3, 0.4) is 0 Å². The Morgan fingerprint density at radius 2 is 1.36 bits per heavy atom. The number of hydrogen-bond acceptors (Lipinski definition) is 11. The summed E-state index contributed by atoms with van der Waals surface area (Å²) in [5, 5.41) is 36.2. The van der Waals surface area contributed by atoms with Gasteiger partial charge in [0.25, 0.3) is 5.89 Å². The van der Waals surface area contributed by atoms with Crippen LogP contribution in [0.5, 0.6) is 0 Å². The summed E-state index contributed by atoms with van der Waals surface area (Å²) in [4.78, 5) is 35.3. The number of nitrogens with zero attached hydrogens (tertiary/aromatic N) is 7. The first-order valence-corrected chi connectivity index (χ1v) is 11.2. The summed E-state index contributed by atoms with van der Waals surface area (Å²) in [7, 11) is 2.14. The molecule has 0 radical (unpaired) electrons. The SMILES string of the molecule is CN1CCN(c2ccc(-c3cncc(-c4nnc(-c5ccccc5)o4)n3)cn2)CC1.N.O=C(O)O.O=C(O)O. The van der Waals surface area contributed by atoms with Crippen molar-refractivity contribution >= 4 is 18.1 Å². The zero-order chi connectivity index (χ0) is 27.5. The van der Waals surface area contributed by atoms with E-state index >= 15 is 0 Å². The molecule has 7 N–H and O–H groups in total. The number of likely N-dealkylation sites (N-methyl/N-ethyl adjacent to an activating group) is 1. The van der Waals surface area contributed by atoms with Crippen molar-refractivity contribution in [1.29, 1.82) is 0 Å². The summed E-state index contributed by atoms with van der Waals surface area (Å²) in [6, 6.07) is 13.7. The van der Waals surface area contributed by atoms with E-state index in [1.54, 1.807) is 12.4 Å². The van der Waals surface area contributed by atoms with Crippen LogP contribution in [0.1, 0.15) is 0 Å². The molecule has 0 bridgehead atoms. The standard InChI is InChI=1S/C22H21N7O.2CH2O3.H3N/c1-28-9-11-29(12-10-28)20-8-7-17(13-24-20)18-14-23-15-19(25-18)22-27-26-21(30-22)16-5-3-2-4-6-16;2*2-1(3)4;/h2-8,13-15H,9-12H2,1H3;2*(H2,2,3,4);1H3. The summed E-state index contributed by atoms with van der Waals surface area (Å²) in [5.41, 5.74) is 3.00. The molecular formula is C24H28N8O7. The lowest BCUT2D eigenvalue weighted by Gasteiger charge is -2.33. The van der Waals surface area contributed by atoms with Crippen molar-refractivity contribution in [3.63, 3.8) is 0 Å². The Bertz CT molecular complexity index is 1310. The van der Waals surface area contributed by atoms with E-state index in [0.717, 1.165) is 43.1 Å². The van der Waals surface area contributed by atoms with Crippen LogP contribution in [0.15, 0.2) is 65.5 Å². The maximum absolute atomic E-state index is 8.56. The van der Waals surface area contributed by atoms with Crippen LogP contribution >= 0.6 is 0 Å². The van der Waals surface area contributed by atoms with Crippen molar-refractivity contribution in [3.05, 3.63) is 61.1 Å². The molecule has 0 unspecified atom stereocenters. The summed E-state index contributed by atoms with van der Waals surface area (Å²) in [5.74, 6) is 1.78. The second kappa shape index (κ2) is 14.6. The molecule has 1 fully saturated rings. The van der Waals surface area contributed by atoms with Gasteiger partial charge in [0.15, 0.2) is 0 Å². The first kappa shape index (κ1) is 30.1. The third-order valence-corrected chi connectivity index (χ3v) is 5.17. The van der Waals surface area contributed by atoms with E-state index in [1.165, 1.54) is 0 Å². The minimum atomic E-state index is -1.83. The Hall–Kier alpha value is -5.15. The average molecular weight is 541 g/mol. The average Bonchev–Trinajstić information content (AvgIpc) is 3.40. The van der Waals surface area contributed by atoms with E-state index < -0.39 is 12.3 Å². The number of benzene rings is 1. The van der Waals surface area contributed by atoms with Crippen LogP contribution in [0, 0.1) is 0 Å². The fourth-order valence-corrected chi connectivity index (χ4v) is 3.39. The Morgan fingerprint density at radius 1 is 0.769 bits per heavy atom. The van der Waals surface area contributed by atoms with E-state index in [0.29, 0.717) is 23.2 Å². The molecule has 15 heteroatoms. The molecule has 0 atom stereocenters. The van der Waals surface area contributed by atoms with Gasteiger partial charge in [-0.3, -0.25) is 4.98 Å². The van der Waals surface area contributed by atoms with Crippen LogP contribution in [0.25, 0.3) is 34.3 Å². The molecule has 0 spiro atoms. The number of hydrogen-bond donors (Lipinski definition) is 5. The number of aromatic nitrogens is 5. The maximum Gasteiger partial charge on any atom is 0.503 e. The maximum atomic E-state index is 8.56. The summed E-state index contributed by atoms with van der Waals surface area (Å²) in [6.45, 7) is 4.07. The molecule has 206 valence electrons. The molecule has 5 rings (SSSR count).